The molecule has 0 rings (SSSR count). The van der Waals surface area contributed by atoms with Gasteiger partial charge in [-0.3, -0.25) is 4.79 Å². The van der Waals surface area contributed by atoms with Crippen molar-refractivity contribution in [3.8, 4) is 0 Å². The van der Waals surface area contributed by atoms with Crippen LogP contribution in [0.5, 0.6) is 0 Å². The van der Waals surface area contributed by atoms with Gasteiger partial charge < -0.3 is 4.90 Å². The molecule has 2 nitrogen and oxygen atoms in total. The Labute approximate surface area is 88.7 Å². The largest absolute Gasteiger partial charge is 0.303 e. The van der Waals surface area contributed by atoms with Gasteiger partial charge in [-0.2, -0.15) is 0 Å². The second-order valence-corrected chi connectivity index (χ2v) is 4.86. The highest BCUT2D eigenvalue weighted by Gasteiger charge is 2.20. The Hall–Kier alpha value is -0.370. The maximum Gasteiger partial charge on any atom is 0.139 e. The van der Waals surface area contributed by atoms with E-state index in [0.717, 1.165) is 26.1 Å². The van der Waals surface area contributed by atoms with Gasteiger partial charge >= 0.3 is 0 Å². The van der Waals surface area contributed by atoms with Crippen molar-refractivity contribution in [2.75, 3.05) is 19.6 Å². The van der Waals surface area contributed by atoms with Gasteiger partial charge in [-0.05, 0) is 19.5 Å². The number of hydrogen-bond acceptors (Lipinski definition) is 2. The van der Waals surface area contributed by atoms with Crippen molar-refractivity contribution in [1.29, 1.82) is 0 Å². The Balaban J connectivity index is 3.85. The number of hydrogen-bond donors (Lipinski definition) is 0. The first-order valence-electron chi connectivity index (χ1n) is 5.67. The molecular formula is C12H25NO. The number of nitrogens with zero attached hydrogens (tertiary/aromatic N) is 1. The third-order valence-corrected chi connectivity index (χ3v) is 2.48. The second kappa shape index (κ2) is 6.18. The molecule has 0 atom stereocenters. The quantitative estimate of drug-likeness (QED) is 0.655. The summed E-state index contributed by atoms with van der Waals surface area (Å²) in [5.74, 6) is 0.368. The maximum atomic E-state index is 11.7. The lowest BCUT2D eigenvalue weighted by atomic mass is 9.89. The van der Waals surface area contributed by atoms with E-state index in [1.54, 1.807) is 0 Å². The molecule has 0 bridgehead atoms. The van der Waals surface area contributed by atoms with E-state index in [-0.39, 0.29) is 5.41 Å². The van der Waals surface area contributed by atoms with Crippen LogP contribution in [0.15, 0.2) is 0 Å². The zero-order valence-corrected chi connectivity index (χ0v) is 10.4. The van der Waals surface area contributed by atoms with Crippen LogP contribution in [0.4, 0.5) is 0 Å². The second-order valence-electron chi connectivity index (χ2n) is 4.86. The molecule has 0 saturated carbocycles. The van der Waals surface area contributed by atoms with Crippen LogP contribution < -0.4 is 0 Å². The average molecular weight is 199 g/mol. The number of ketones is 1. The van der Waals surface area contributed by atoms with Crippen LogP contribution in [0.2, 0.25) is 0 Å². The molecular weight excluding hydrogens is 174 g/mol. The topological polar surface area (TPSA) is 20.3 Å². The van der Waals surface area contributed by atoms with Crippen molar-refractivity contribution in [3.63, 3.8) is 0 Å². The van der Waals surface area contributed by atoms with Gasteiger partial charge in [-0.1, -0.05) is 34.6 Å². The van der Waals surface area contributed by atoms with Gasteiger partial charge in [0.2, 0.25) is 0 Å². The molecule has 0 aliphatic rings. The predicted molar refractivity (Wildman–Crippen MR) is 61.5 cm³/mol. The van der Waals surface area contributed by atoms with Crippen LogP contribution in [-0.2, 0) is 4.79 Å². The molecule has 0 unspecified atom stereocenters. The van der Waals surface area contributed by atoms with Crippen LogP contribution in [0, 0.1) is 5.41 Å². The van der Waals surface area contributed by atoms with Crippen LogP contribution in [0.1, 0.15) is 47.5 Å². The molecule has 0 aromatic heterocycles. The fourth-order valence-electron chi connectivity index (χ4n) is 1.38. The molecule has 2 heteroatoms. The minimum absolute atomic E-state index is 0.175. The Morgan fingerprint density at radius 3 is 2.07 bits per heavy atom. The van der Waals surface area contributed by atoms with Crippen LogP contribution >= 0.6 is 0 Å². The summed E-state index contributed by atoms with van der Waals surface area (Å²) in [6.07, 6.45) is 1.86. The van der Waals surface area contributed by atoms with E-state index in [1.807, 2.05) is 20.8 Å². The van der Waals surface area contributed by atoms with E-state index < -0.39 is 0 Å². The standard InChI is InChI=1S/C12H25NO/c1-6-9-13(7-2)10-8-11(14)12(3,4)5/h6-10H2,1-5H3. The fourth-order valence-corrected chi connectivity index (χ4v) is 1.38. The van der Waals surface area contributed by atoms with Gasteiger partial charge in [0.1, 0.15) is 5.78 Å². The molecule has 0 amide bonds. The third kappa shape index (κ3) is 5.38. The molecule has 14 heavy (non-hydrogen) atoms. The maximum absolute atomic E-state index is 11.7. The van der Waals surface area contributed by atoms with Crippen molar-refractivity contribution in [2.45, 2.75) is 47.5 Å². The summed E-state index contributed by atoms with van der Waals surface area (Å²) in [7, 11) is 0. The summed E-state index contributed by atoms with van der Waals surface area (Å²) in [6, 6.07) is 0. The highest BCUT2D eigenvalue weighted by molar-refractivity contribution is 5.83. The molecule has 0 aliphatic heterocycles. The molecule has 0 N–H and O–H groups in total. The van der Waals surface area contributed by atoms with Crippen molar-refractivity contribution < 1.29 is 4.79 Å². The minimum Gasteiger partial charge on any atom is -0.303 e. The molecule has 0 fully saturated rings. The van der Waals surface area contributed by atoms with Gasteiger partial charge in [0, 0.05) is 18.4 Å². The smallest absolute Gasteiger partial charge is 0.139 e. The number of Topliss-reactive ketones (excluding diaryl/α,β-unsaturated/α-hetero) is 1. The van der Waals surface area contributed by atoms with Crippen molar-refractivity contribution in [3.05, 3.63) is 0 Å². The van der Waals surface area contributed by atoms with Crippen LogP contribution in [0.25, 0.3) is 0 Å². The number of rotatable bonds is 6. The molecule has 0 saturated heterocycles. The first-order chi connectivity index (χ1) is 6.41. The Morgan fingerprint density at radius 1 is 1.14 bits per heavy atom. The Bertz CT molecular complexity index is 170. The van der Waals surface area contributed by atoms with Gasteiger partial charge in [0.15, 0.2) is 0 Å². The van der Waals surface area contributed by atoms with E-state index in [1.165, 1.54) is 0 Å². The van der Waals surface area contributed by atoms with E-state index >= 15 is 0 Å². The molecule has 0 aromatic rings. The summed E-state index contributed by atoms with van der Waals surface area (Å²) < 4.78 is 0. The van der Waals surface area contributed by atoms with Crippen molar-refractivity contribution in [2.24, 2.45) is 5.41 Å². The van der Waals surface area contributed by atoms with E-state index in [4.69, 9.17) is 0 Å². The summed E-state index contributed by atoms with van der Waals surface area (Å²) in [4.78, 5) is 14.0. The SMILES string of the molecule is CCCN(CC)CCC(=O)C(C)(C)C. The Morgan fingerprint density at radius 2 is 1.71 bits per heavy atom. The van der Waals surface area contributed by atoms with E-state index in [0.29, 0.717) is 12.2 Å². The zero-order valence-electron chi connectivity index (χ0n) is 10.4. The third-order valence-electron chi connectivity index (χ3n) is 2.48. The lowest BCUT2D eigenvalue weighted by molar-refractivity contribution is -0.126. The van der Waals surface area contributed by atoms with Crippen LogP contribution in [-0.4, -0.2) is 30.3 Å². The summed E-state index contributed by atoms with van der Waals surface area (Å²) in [6.45, 7) is 13.4. The molecule has 0 spiro atoms. The van der Waals surface area contributed by atoms with E-state index in [2.05, 4.69) is 18.7 Å². The fraction of sp³-hybridized carbons (Fsp3) is 0.917. The zero-order chi connectivity index (χ0) is 11.2. The first-order valence-corrected chi connectivity index (χ1v) is 5.67. The number of carbonyl (C=O) groups is 1. The molecule has 0 aromatic carbocycles. The summed E-state index contributed by atoms with van der Waals surface area (Å²) >= 11 is 0. The summed E-state index contributed by atoms with van der Waals surface area (Å²) in [5.41, 5.74) is -0.175. The first kappa shape index (κ1) is 13.6. The van der Waals surface area contributed by atoms with Crippen molar-refractivity contribution >= 4 is 5.78 Å². The monoisotopic (exact) mass is 199 g/mol. The van der Waals surface area contributed by atoms with E-state index in [9.17, 15) is 4.79 Å². The van der Waals surface area contributed by atoms with Gasteiger partial charge in [0.25, 0.3) is 0 Å². The van der Waals surface area contributed by atoms with Crippen LogP contribution in [0.3, 0.4) is 0 Å². The highest BCUT2D eigenvalue weighted by Crippen LogP contribution is 2.16. The molecule has 0 heterocycles. The summed E-state index contributed by atoms with van der Waals surface area (Å²) in [5, 5.41) is 0. The Kier molecular flexibility index (Phi) is 6.01. The average Bonchev–Trinajstić information content (AvgIpc) is 2.10. The van der Waals surface area contributed by atoms with Crippen molar-refractivity contribution in [1.82, 2.24) is 4.90 Å². The number of carbonyl (C=O) groups excluding carboxylic acids is 1. The lowest BCUT2D eigenvalue weighted by Gasteiger charge is -2.22. The molecule has 84 valence electrons. The van der Waals surface area contributed by atoms with Gasteiger partial charge in [-0.15, -0.1) is 0 Å². The minimum atomic E-state index is -0.175. The predicted octanol–water partition coefficient (Wildman–Crippen LogP) is 2.72. The highest BCUT2D eigenvalue weighted by atomic mass is 16.1. The molecule has 0 aliphatic carbocycles. The van der Waals surface area contributed by atoms with Gasteiger partial charge in [0.05, 0.1) is 0 Å². The molecule has 0 radical (unpaired) electrons. The lowest BCUT2D eigenvalue weighted by Crippen LogP contribution is -2.30. The normalized spacial score (nSPS) is 12.1. The van der Waals surface area contributed by atoms with Gasteiger partial charge in [-0.25, -0.2) is 0 Å².